The molecule has 0 aromatic heterocycles. The summed E-state index contributed by atoms with van der Waals surface area (Å²) in [6, 6.07) is 0. The van der Waals surface area contributed by atoms with Crippen LogP contribution in [0.15, 0.2) is 0 Å². The summed E-state index contributed by atoms with van der Waals surface area (Å²) >= 11 is 0. The number of fused-ring (bicyclic) bond motifs is 6. The molecular formula is C15H36NO3Si4-. The SMILES string of the molecule is CC(C)(C)[Si](C)(C)[Si-]([Si](C)(C)C)[Si]12OCCN(CCO1)CCO2. The van der Waals surface area contributed by atoms with Crippen molar-refractivity contribution in [2.24, 2.45) is 0 Å². The molecule has 3 saturated heterocycles. The van der Waals surface area contributed by atoms with Gasteiger partial charge in [0.1, 0.15) is 0 Å². The van der Waals surface area contributed by atoms with Crippen LogP contribution in [0.1, 0.15) is 20.8 Å². The minimum Gasteiger partial charge on any atom is -0.396 e. The van der Waals surface area contributed by atoms with Crippen molar-refractivity contribution in [3.63, 3.8) is 0 Å². The molecule has 0 aromatic rings. The number of rotatable bonds is 3. The fraction of sp³-hybridized carbons (Fsp3) is 1.00. The molecule has 4 nitrogen and oxygen atoms in total. The maximum atomic E-state index is 6.58. The Kier molecular flexibility index (Phi) is 5.91. The lowest BCUT2D eigenvalue weighted by Crippen LogP contribution is -2.80. The van der Waals surface area contributed by atoms with Crippen LogP contribution in [0.5, 0.6) is 0 Å². The molecule has 0 aromatic carbocycles. The van der Waals surface area contributed by atoms with Gasteiger partial charge in [-0.15, -0.1) is 14.9 Å². The van der Waals surface area contributed by atoms with Crippen molar-refractivity contribution in [3.05, 3.63) is 0 Å². The van der Waals surface area contributed by atoms with Crippen molar-refractivity contribution >= 4 is 30.9 Å². The Balaban J connectivity index is 2.48. The molecule has 0 saturated carbocycles. The zero-order chi connectivity index (χ0) is 17.5. The van der Waals surface area contributed by atoms with Crippen LogP contribution in [0, 0.1) is 0 Å². The van der Waals surface area contributed by atoms with Gasteiger partial charge in [-0.3, -0.25) is 4.90 Å². The van der Waals surface area contributed by atoms with Gasteiger partial charge in [0.15, 0.2) is 0 Å². The normalized spacial score (nSPS) is 30.9. The van der Waals surface area contributed by atoms with E-state index in [0.717, 1.165) is 39.5 Å². The topological polar surface area (TPSA) is 30.9 Å². The van der Waals surface area contributed by atoms with E-state index in [1.165, 1.54) is 0 Å². The zero-order valence-corrected chi connectivity index (χ0v) is 20.4. The van der Waals surface area contributed by atoms with E-state index < -0.39 is 30.9 Å². The van der Waals surface area contributed by atoms with E-state index in [4.69, 9.17) is 13.3 Å². The van der Waals surface area contributed by atoms with Gasteiger partial charge in [0.2, 0.25) is 0 Å². The van der Waals surface area contributed by atoms with Crippen LogP contribution >= 0.6 is 0 Å². The van der Waals surface area contributed by atoms with E-state index in [1.54, 1.807) is 0 Å². The van der Waals surface area contributed by atoms with Gasteiger partial charge in [-0.05, 0) is 0 Å². The standard InChI is InChI=1S/C15H36NO3Si4/c1-15(2,3)22(7,8)20(21(4,5)6)23-17-12-9-16(10-13-18-23)11-14-19-23/h9-14H2,1-8H3/q-1. The summed E-state index contributed by atoms with van der Waals surface area (Å²) in [5, 5.41) is 0.357. The molecule has 136 valence electrons. The Labute approximate surface area is 147 Å². The van der Waals surface area contributed by atoms with Gasteiger partial charge in [0.05, 0.1) is 0 Å². The van der Waals surface area contributed by atoms with Gasteiger partial charge >= 0.3 is 0 Å². The second-order valence-corrected chi connectivity index (χ2v) is 40.5. The van der Waals surface area contributed by atoms with Crippen molar-refractivity contribution in [1.29, 1.82) is 0 Å². The first-order valence-electron chi connectivity index (χ1n) is 8.93. The van der Waals surface area contributed by atoms with Gasteiger partial charge in [0.25, 0.3) is 8.32 Å². The summed E-state index contributed by atoms with van der Waals surface area (Å²) < 4.78 is 19.7. The fourth-order valence-corrected chi connectivity index (χ4v) is 67.7. The largest absolute Gasteiger partial charge is 0.396 e. The van der Waals surface area contributed by atoms with Crippen molar-refractivity contribution in [3.8, 4) is 0 Å². The Morgan fingerprint density at radius 3 is 1.52 bits per heavy atom. The third-order valence-corrected chi connectivity index (χ3v) is 58.4. The first kappa shape index (κ1) is 20.0. The molecule has 23 heavy (non-hydrogen) atoms. The molecule has 0 aliphatic carbocycles. The first-order chi connectivity index (χ1) is 10.4. The Bertz CT molecular complexity index is 393. The lowest BCUT2D eigenvalue weighted by Gasteiger charge is -2.64. The Hall–Kier alpha value is 0.708. The molecule has 2 bridgehead atoms. The third kappa shape index (κ3) is 4.10. The molecule has 8 heteroatoms. The molecule has 3 rings (SSSR count). The summed E-state index contributed by atoms with van der Waals surface area (Å²) in [6.07, 6.45) is 0. The van der Waals surface area contributed by atoms with Gasteiger partial charge in [-0.2, -0.15) is 0 Å². The minimum atomic E-state index is -2.54. The van der Waals surface area contributed by atoms with Gasteiger partial charge in [0, 0.05) is 39.5 Å². The smallest absolute Gasteiger partial charge is 0.295 e. The Morgan fingerprint density at radius 1 is 0.826 bits per heavy atom. The molecule has 3 aliphatic heterocycles. The average molecular weight is 391 g/mol. The summed E-state index contributed by atoms with van der Waals surface area (Å²) in [7, 11) is -6.30. The third-order valence-electron chi connectivity index (χ3n) is 5.65. The van der Waals surface area contributed by atoms with Crippen LogP contribution in [0.3, 0.4) is 0 Å². The van der Waals surface area contributed by atoms with E-state index in [9.17, 15) is 0 Å². The van der Waals surface area contributed by atoms with E-state index in [0.29, 0.717) is 5.04 Å². The predicted molar refractivity (Wildman–Crippen MR) is 106 cm³/mol. The molecule has 3 aliphatic rings. The van der Waals surface area contributed by atoms with Crippen LogP contribution in [0.2, 0.25) is 37.8 Å². The van der Waals surface area contributed by atoms with E-state index >= 15 is 0 Å². The van der Waals surface area contributed by atoms with Gasteiger partial charge in [-0.25, -0.2) is 0 Å². The number of nitrogens with zero attached hydrogens (tertiary/aromatic N) is 1. The maximum Gasteiger partial charge on any atom is 0.295 e. The molecule has 0 atom stereocenters. The van der Waals surface area contributed by atoms with Crippen LogP contribution in [-0.4, -0.2) is 75.2 Å². The molecule has 0 spiro atoms. The molecule has 3 heterocycles. The van der Waals surface area contributed by atoms with E-state index in [2.05, 4.69) is 58.4 Å². The van der Waals surface area contributed by atoms with Crippen LogP contribution < -0.4 is 0 Å². The summed E-state index contributed by atoms with van der Waals surface area (Å²) in [4.78, 5) is 2.41. The van der Waals surface area contributed by atoms with Crippen LogP contribution in [0.4, 0.5) is 0 Å². The van der Waals surface area contributed by atoms with E-state index in [1.807, 2.05) is 0 Å². The minimum absolute atomic E-state index is 0.357. The van der Waals surface area contributed by atoms with Gasteiger partial charge < -0.3 is 13.3 Å². The molecule has 0 N–H and O–H groups in total. The fourth-order valence-electron chi connectivity index (χ4n) is 3.76. The molecular weight excluding hydrogens is 355 g/mol. The molecule has 0 unspecified atom stereocenters. The predicted octanol–water partition coefficient (Wildman–Crippen LogP) is 2.88. The lowest BCUT2D eigenvalue weighted by molar-refractivity contribution is 0.00615. The second-order valence-electron chi connectivity index (χ2n) is 9.44. The highest BCUT2D eigenvalue weighted by atomic mass is 29.9. The van der Waals surface area contributed by atoms with Gasteiger partial charge in [-0.1, -0.05) is 66.1 Å². The monoisotopic (exact) mass is 390 g/mol. The average Bonchev–Trinajstić information content (AvgIpc) is 2.26. The highest BCUT2D eigenvalue weighted by molar-refractivity contribution is 7.79. The molecule has 0 amide bonds. The summed E-state index contributed by atoms with van der Waals surface area (Å²) in [5.41, 5.74) is 0. The highest BCUT2D eigenvalue weighted by Gasteiger charge is 2.52. The highest BCUT2D eigenvalue weighted by Crippen LogP contribution is 2.43. The van der Waals surface area contributed by atoms with E-state index in [-0.39, 0.29) is 0 Å². The first-order valence-corrected chi connectivity index (χ1v) is 21.7. The molecule has 0 radical (unpaired) electrons. The number of hydrogen-bond donors (Lipinski definition) is 0. The second kappa shape index (κ2) is 6.79. The maximum absolute atomic E-state index is 6.58. The lowest BCUT2D eigenvalue weighted by atomic mass is 10.2. The van der Waals surface area contributed by atoms with Crippen molar-refractivity contribution in [1.82, 2.24) is 4.90 Å². The zero-order valence-electron chi connectivity index (χ0n) is 16.4. The van der Waals surface area contributed by atoms with Crippen LogP contribution in [-0.2, 0) is 13.3 Å². The quantitative estimate of drug-likeness (QED) is 0.693. The van der Waals surface area contributed by atoms with Crippen molar-refractivity contribution in [2.45, 2.75) is 58.5 Å². The summed E-state index contributed by atoms with van der Waals surface area (Å²) in [5.74, 6) is 0. The summed E-state index contributed by atoms with van der Waals surface area (Å²) in [6.45, 7) is 25.6. The van der Waals surface area contributed by atoms with Crippen LogP contribution in [0.25, 0.3) is 0 Å². The van der Waals surface area contributed by atoms with Crippen molar-refractivity contribution in [2.75, 3.05) is 39.5 Å². The molecule has 3 fully saturated rings. The Morgan fingerprint density at radius 2 is 1.22 bits per heavy atom. The number of hydrogen-bond acceptors (Lipinski definition) is 4. The van der Waals surface area contributed by atoms with Crippen molar-refractivity contribution < 1.29 is 13.3 Å².